The summed E-state index contributed by atoms with van der Waals surface area (Å²) in [5.74, 6) is 2.51. The van der Waals surface area contributed by atoms with Gasteiger partial charge >= 0.3 is 0 Å². The maximum atomic E-state index is 12.4. The van der Waals surface area contributed by atoms with E-state index in [4.69, 9.17) is 34.8 Å². The first kappa shape index (κ1) is 16.9. The highest BCUT2D eigenvalue weighted by atomic mass is 35.5. The Morgan fingerprint density at radius 1 is 1.08 bits per heavy atom. The molecule has 24 heavy (non-hydrogen) atoms. The van der Waals surface area contributed by atoms with E-state index in [1.807, 2.05) is 0 Å². The van der Waals surface area contributed by atoms with Crippen LogP contribution in [-0.2, 0) is 0 Å². The molecule has 1 heterocycles. The number of amides is 1. The maximum absolute atomic E-state index is 12.4. The van der Waals surface area contributed by atoms with E-state index in [9.17, 15) is 4.79 Å². The van der Waals surface area contributed by atoms with Crippen LogP contribution in [0.1, 0.15) is 55.4 Å². The van der Waals surface area contributed by atoms with E-state index < -0.39 is 0 Å². The van der Waals surface area contributed by atoms with Crippen LogP contribution in [0.25, 0.3) is 0 Å². The summed E-state index contributed by atoms with van der Waals surface area (Å²) in [7, 11) is 0. The zero-order valence-corrected chi connectivity index (χ0v) is 15.7. The van der Waals surface area contributed by atoms with Crippen molar-refractivity contribution in [2.45, 2.75) is 44.9 Å². The van der Waals surface area contributed by atoms with Gasteiger partial charge in [0.15, 0.2) is 0 Å². The molecular formula is C18H21Cl3N2O. The highest BCUT2D eigenvalue weighted by molar-refractivity contribution is 6.48. The Kier molecular flexibility index (Phi) is 4.47. The van der Waals surface area contributed by atoms with Gasteiger partial charge in [0.1, 0.15) is 5.69 Å². The molecule has 0 unspecified atom stereocenters. The zero-order valence-electron chi connectivity index (χ0n) is 13.5. The predicted octanol–water partition coefficient (Wildman–Crippen LogP) is 5.38. The molecule has 0 aliphatic heterocycles. The van der Waals surface area contributed by atoms with Crippen molar-refractivity contribution in [3.8, 4) is 0 Å². The largest absolute Gasteiger partial charge is 0.351 e. The molecule has 1 N–H and O–H groups in total. The van der Waals surface area contributed by atoms with Gasteiger partial charge in [-0.25, -0.2) is 4.98 Å². The molecule has 3 nitrogen and oxygen atoms in total. The van der Waals surface area contributed by atoms with Gasteiger partial charge in [-0.05, 0) is 68.1 Å². The van der Waals surface area contributed by atoms with Crippen LogP contribution in [-0.4, -0.2) is 17.4 Å². The molecule has 4 fully saturated rings. The molecule has 130 valence electrons. The third-order valence-electron chi connectivity index (χ3n) is 6.24. The number of rotatable bonds is 4. The Balaban J connectivity index is 1.38. The number of carbonyl (C=O) groups is 1. The minimum absolute atomic E-state index is 0.122. The molecule has 0 atom stereocenters. The fourth-order valence-electron chi connectivity index (χ4n) is 5.72. The first-order chi connectivity index (χ1) is 11.5. The number of nitrogens with zero attached hydrogens (tertiary/aromatic N) is 1. The predicted molar refractivity (Wildman–Crippen MR) is 96.8 cm³/mol. The zero-order chi connectivity index (χ0) is 16.9. The maximum Gasteiger partial charge on any atom is 0.271 e. The standard InChI is InChI=1S/C18H21Cl3N2O/c19-13-9-23-16(15(21)14(13)20)17(24)22-2-1-18-6-10-3-11(7-18)5-12(4-10)8-18/h9-12H,1-8H2,(H,22,24). The molecule has 1 aromatic rings. The van der Waals surface area contributed by atoms with E-state index in [0.29, 0.717) is 12.0 Å². The van der Waals surface area contributed by atoms with Crippen LogP contribution in [0.3, 0.4) is 0 Å². The van der Waals surface area contributed by atoms with Gasteiger partial charge in [-0.3, -0.25) is 4.79 Å². The van der Waals surface area contributed by atoms with Crippen molar-refractivity contribution >= 4 is 40.7 Å². The normalized spacial score (nSPS) is 33.7. The second kappa shape index (κ2) is 6.34. The number of hydrogen-bond acceptors (Lipinski definition) is 2. The second-order valence-electron chi connectivity index (χ2n) is 8.01. The highest BCUT2D eigenvalue weighted by Crippen LogP contribution is 2.61. The number of hydrogen-bond donors (Lipinski definition) is 1. The van der Waals surface area contributed by atoms with Gasteiger partial charge in [0, 0.05) is 12.7 Å². The van der Waals surface area contributed by atoms with Crippen LogP contribution in [0.15, 0.2) is 6.20 Å². The summed E-state index contributed by atoms with van der Waals surface area (Å²) < 4.78 is 0. The second-order valence-corrected chi connectivity index (χ2v) is 9.17. The summed E-state index contributed by atoms with van der Waals surface area (Å²) in [5.41, 5.74) is 0.605. The summed E-state index contributed by atoms with van der Waals surface area (Å²) >= 11 is 17.9. The number of halogens is 3. The molecule has 0 saturated heterocycles. The lowest BCUT2D eigenvalue weighted by Gasteiger charge is -2.57. The van der Waals surface area contributed by atoms with E-state index in [1.165, 1.54) is 44.7 Å². The monoisotopic (exact) mass is 386 g/mol. The van der Waals surface area contributed by atoms with E-state index in [-0.39, 0.29) is 26.7 Å². The highest BCUT2D eigenvalue weighted by Gasteiger charge is 2.50. The summed E-state index contributed by atoms with van der Waals surface area (Å²) in [4.78, 5) is 16.4. The van der Waals surface area contributed by atoms with Gasteiger partial charge in [-0.2, -0.15) is 0 Å². The van der Waals surface area contributed by atoms with Crippen molar-refractivity contribution in [1.82, 2.24) is 10.3 Å². The number of carbonyl (C=O) groups excluding carboxylic acids is 1. The molecule has 0 spiro atoms. The summed E-state index contributed by atoms with van der Waals surface area (Å²) in [6.45, 7) is 0.670. The average Bonchev–Trinajstić information content (AvgIpc) is 2.51. The van der Waals surface area contributed by atoms with Gasteiger partial charge in [0.25, 0.3) is 5.91 Å². The third kappa shape index (κ3) is 3.04. The molecule has 4 aliphatic rings. The fourth-order valence-corrected chi connectivity index (χ4v) is 6.29. The minimum atomic E-state index is -0.275. The molecular weight excluding hydrogens is 367 g/mol. The number of nitrogens with one attached hydrogen (secondary N) is 1. The topological polar surface area (TPSA) is 42.0 Å². The van der Waals surface area contributed by atoms with Crippen molar-refractivity contribution in [2.75, 3.05) is 6.54 Å². The molecule has 6 heteroatoms. The quantitative estimate of drug-likeness (QED) is 0.753. The SMILES string of the molecule is O=C(NCCC12CC3CC(CC(C3)C1)C2)c1ncc(Cl)c(Cl)c1Cl. The molecule has 0 aromatic carbocycles. The average molecular weight is 388 g/mol. The molecule has 1 aromatic heterocycles. The summed E-state index contributed by atoms with van der Waals surface area (Å²) in [5, 5.41) is 3.53. The summed E-state index contributed by atoms with van der Waals surface area (Å²) in [6.07, 6.45) is 10.8. The van der Waals surface area contributed by atoms with Crippen molar-refractivity contribution in [2.24, 2.45) is 23.2 Å². The van der Waals surface area contributed by atoms with Crippen molar-refractivity contribution < 1.29 is 4.79 Å². The lowest BCUT2D eigenvalue weighted by molar-refractivity contribution is -0.0564. The van der Waals surface area contributed by atoms with Crippen LogP contribution < -0.4 is 5.32 Å². The van der Waals surface area contributed by atoms with E-state index in [2.05, 4.69) is 10.3 Å². The fraction of sp³-hybridized carbons (Fsp3) is 0.667. The molecule has 5 rings (SSSR count). The van der Waals surface area contributed by atoms with Gasteiger partial charge in [-0.1, -0.05) is 34.8 Å². The van der Waals surface area contributed by atoms with Crippen molar-refractivity contribution in [3.63, 3.8) is 0 Å². The molecule has 1 amide bonds. The van der Waals surface area contributed by atoms with E-state index >= 15 is 0 Å². The van der Waals surface area contributed by atoms with Crippen LogP contribution in [0.4, 0.5) is 0 Å². The van der Waals surface area contributed by atoms with E-state index in [1.54, 1.807) is 0 Å². The third-order valence-corrected chi connectivity index (χ3v) is 7.48. The Morgan fingerprint density at radius 2 is 1.67 bits per heavy atom. The first-order valence-electron chi connectivity index (χ1n) is 8.73. The van der Waals surface area contributed by atoms with E-state index in [0.717, 1.165) is 24.2 Å². The Hall–Kier alpha value is -0.510. The van der Waals surface area contributed by atoms with Crippen LogP contribution >= 0.6 is 34.8 Å². The smallest absolute Gasteiger partial charge is 0.271 e. The lowest BCUT2D eigenvalue weighted by atomic mass is 9.49. The van der Waals surface area contributed by atoms with Crippen LogP contribution in [0.5, 0.6) is 0 Å². The van der Waals surface area contributed by atoms with Gasteiger partial charge < -0.3 is 5.32 Å². The van der Waals surface area contributed by atoms with Crippen LogP contribution in [0, 0.1) is 23.2 Å². The Morgan fingerprint density at radius 3 is 2.25 bits per heavy atom. The summed E-state index contributed by atoms with van der Waals surface area (Å²) in [6, 6.07) is 0. The van der Waals surface area contributed by atoms with Crippen molar-refractivity contribution in [1.29, 1.82) is 0 Å². The minimum Gasteiger partial charge on any atom is -0.351 e. The van der Waals surface area contributed by atoms with Gasteiger partial charge in [0.2, 0.25) is 0 Å². The van der Waals surface area contributed by atoms with Gasteiger partial charge in [0.05, 0.1) is 15.1 Å². The molecule has 4 aliphatic carbocycles. The van der Waals surface area contributed by atoms with Crippen molar-refractivity contribution in [3.05, 3.63) is 27.0 Å². The number of aromatic nitrogens is 1. The molecule has 4 bridgehead atoms. The van der Waals surface area contributed by atoms with Crippen LogP contribution in [0.2, 0.25) is 15.1 Å². The molecule has 0 radical (unpaired) electrons. The number of pyridine rings is 1. The lowest BCUT2D eigenvalue weighted by Crippen LogP contribution is -2.47. The Bertz CT molecular complexity index is 641. The first-order valence-corrected chi connectivity index (χ1v) is 9.87. The molecule has 4 saturated carbocycles. The van der Waals surface area contributed by atoms with Gasteiger partial charge in [-0.15, -0.1) is 0 Å². The Labute approximate surface area is 157 Å².